The lowest BCUT2D eigenvalue weighted by Gasteiger charge is -2.45. The highest BCUT2D eigenvalue weighted by molar-refractivity contribution is 6.97. The minimum atomic E-state index is -0.101. The van der Waals surface area contributed by atoms with Crippen molar-refractivity contribution >= 4 is 90.8 Å². The van der Waals surface area contributed by atoms with Crippen LogP contribution in [0.3, 0.4) is 0 Å². The first-order valence-corrected chi connectivity index (χ1v) is 25.6. The molecular formula is C66H64BN3O. The molecule has 0 bridgehead atoms. The van der Waals surface area contributed by atoms with E-state index in [2.05, 4.69) is 256 Å². The Hall–Kier alpha value is -7.24. The predicted octanol–water partition coefficient (Wildman–Crippen LogP) is 16.9. The lowest BCUT2D eigenvalue weighted by molar-refractivity contribution is 0.590. The summed E-state index contributed by atoms with van der Waals surface area (Å²) in [7, 11) is 0. The van der Waals surface area contributed by atoms with Crippen molar-refractivity contribution in [1.82, 2.24) is 0 Å². The van der Waals surface area contributed by atoms with Crippen molar-refractivity contribution in [2.45, 2.75) is 106 Å². The fourth-order valence-electron chi connectivity index (χ4n) is 11.7. The van der Waals surface area contributed by atoms with E-state index in [4.69, 9.17) is 4.42 Å². The second-order valence-corrected chi connectivity index (χ2v) is 23.7. The van der Waals surface area contributed by atoms with E-state index in [1.165, 1.54) is 83.7 Å². The molecule has 9 aromatic rings. The van der Waals surface area contributed by atoms with E-state index < -0.39 is 0 Å². The minimum Gasteiger partial charge on any atom is -0.456 e. The number of allylic oxidation sites excluding steroid dienone is 1. The van der Waals surface area contributed by atoms with Crippen LogP contribution >= 0.6 is 0 Å². The van der Waals surface area contributed by atoms with Gasteiger partial charge in [0, 0.05) is 56.5 Å². The second kappa shape index (κ2) is 15.9. The number of hydrogen-bond donors (Lipinski definition) is 0. The Kier molecular flexibility index (Phi) is 10.1. The van der Waals surface area contributed by atoms with Crippen molar-refractivity contribution in [2.24, 2.45) is 0 Å². The Morgan fingerprint density at radius 3 is 1.56 bits per heavy atom. The van der Waals surface area contributed by atoms with Crippen molar-refractivity contribution in [3.63, 3.8) is 0 Å². The molecule has 0 saturated carbocycles. The number of para-hydroxylation sites is 1. The molecule has 3 aliphatic rings. The molecule has 71 heavy (non-hydrogen) atoms. The van der Waals surface area contributed by atoms with Gasteiger partial charge in [0.1, 0.15) is 11.2 Å². The standard InChI is InChI=1S/C66H64BN3O/c1-40-17-27-47(28-18-40)68(48-29-19-41(2)20-30-48)54-39-57-61(63-59(54)51-15-13-14-16-58(51)71-63)67-53-37-43-21-22-46(66(10,11)12)38-52(43)62(53)70(50-33-25-45(26-34-50)65(7,8)9)56-36-42(3)35-55(60(56)67)69(57)49-31-23-44(24-32-49)64(4,5)6/h13-36,38-39H,37H2,1-12H3. The van der Waals surface area contributed by atoms with Gasteiger partial charge in [-0.05, 0) is 161 Å². The van der Waals surface area contributed by atoms with Crippen LogP contribution < -0.4 is 25.6 Å². The first-order chi connectivity index (χ1) is 33.8. The lowest BCUT2D eigenvalue weighted by atomic mass is 9.32. The van der Waals surface area contributed by atoms with Crippen molar-refractivity contribution in [2.75, 3.05) is 14.7 Å². The van der Waals surface area contributed by atoms with Crippen LogP contribution in [-0.2, 0) is 22.7 Å². The smallest absolute Gasteiger partial charge is 0.252 e. The maximum absolute atomic E-state index is 7.49. The number of fused-ring (bicyclic) bond motifs is 9. The van der Waals surface area contributed by atoms with Gasteiger partial charge in [0.25, 0.3) is 6.71 Å². The molecule has 0 unspecified atom stereocenters. The summed E-state index contributed by atoms with van der Waals surface area (Å²) in [6, 6.07) is 60.1. The summed E-state index contributed by atoms with van der Waals surface area (Å²) in [5.41, 5.74) is 26.5. The molecule has 4 nitrogen and oxygen atoms in total. The van der Waals surface area contributed by atoms with Crippen LogP contribution in [0.5, 0.6) is 0 Å². The number of hydrogen-bond acceptors (Lipinski definition) is 4. The van der Waals surface area contributed by atoms with Gasteiger partial charge in [0.15, 0.2) is 0 Å². The summed E-state index contributed by atoms with van der Waals surface area (Å²) in [4.78, 5) is 7.64. The molecule has 1 aliphatic carbocycles. The highest BCUT2D eigenvalue weighted by Crippen LogP contribution is 2.54. The van der Waals surface area contributed by atoms with Crippen LogP contribution in [-0.4, -0.2) is 6.71 Å². The van der Waals surface area contributed by atoms with Crippen LogP contribution in [0, 0.1) is 20.8 Å². The third kappa shape index (κ3) is 7.25. The molecule has 0 N–H and O–H groups in total. The molecule has 5 heteroatoms. The fraction of sp³-hybridized carbons (Fsp3) is 0.242. The molecule has 0 spiro atoms. The fourth-order valence-corrected chi connectivity index (χ4v) is 11.7. The Morgan fingerprint density at radius 2 is 1.00 bits per heavy atom. The summed E-state index contributed by atoms with van der Waals surface area (Å²) in [6.07, 6.45) is 0.838. The molecule has 0 atom stereocenters. The molecule has 352 valence electrons. The summed E-state index contributed by atoms with van der Waals surface area (Å²) >= 11 is 0. The number of aryl methyl sites for hydroxylation is 3. The molecule has 0 amide bonds. The lowest BCUT2D eigenvalue weighted by Crippen LogP contribution is -2.56. The highest BCUT2D eigenvalue weighted by Gasteiger charge is 2.49. The number of anilines is 8. The van der Waals surface area contributed by atoms with Crippen LogP contribution in [0.15, 0.2) is 168 Å². The van der Waals surface area contributed by atoms with Crippen molar-refractivity contribution in [1.29, 1.82) is 0 Å². The van der Waals surface area contributed by atoms with Gasteiger partial charge < -0.3 is 19.1 Å². The van der Waals surface area contributed by atoms with Gasteiger partial charge in [-0.2, -0.15) is 0 Å². The Labute approximate surface area is 421 Å². The molecular weight excluding hydrogens is 862 g/mol. The number of nitrogens with zero attached hydrogens (tertiary/aromatic N) is 3. The van der Waals surface area contributed by atoms with Gasteiger partial charge in [-0.3, -0.25) is 0 Å². The molecule has 0 fully saturated rings. The number of furan rings is 1. The third-order valence-electron chi connectivity index (χ3n) is 15.5. The maximum Gasteiger partial charge on any atom is 0.252 e. The van der Waals surface area contributed by atoms with Crippen LogP contribution in [0.25, 0.3) is 27.6 Å². The average Bonchev–Trinajstić information content (AvgIpc) is 3.91. The monoisotopic (exact) mass is 926 g/mol. The molecule has 3 heterocycles. The molecule has 8 aromatic carbocycles. The van der Waals surface area contributed by atoms with Gasteiger partial charge in [-0.15, -0.1) is 0 Å². The van der Waals surface area contributed by atoms with Gasteiger partial charge >= 0.3 is 0 Å². The summed E-state index contributed by atoms with van der Waals surface area (Å²) in [6.45, 7) is 27.3. The number of benzene rings is 8. The summed E-state index contributed by atoms with van der Waals surface area (Å²) in [5.74, 6) is 0. The quantitative estimate of drug-likeness (QED) is 0.160. The van der Waals surface area contributed by atoms with Gasteiger partial charge in [-0.1, -0.05) is 158 Å². The van der Waals surface area contributed by atoms with Crippen LogP contribution in [0.4, 0.5) is 45.5 Å². The molecule has 2 aliphatic heterocycles. The first-order valence-electron chi connectivity index (χ1n) is 25.6. The zero-order valence-corrected chi connectivity index (χ0v) is 43.5. The minimum absolute atomic E-state index is 0.00162. The normalized spacial score (nSPS) is 14.3. The van der Waals surface area contributed by atoms with Crippen molar-refractivity contribution in [3.05, 3.63) is 208 Å². The zero-order valence-electron chi connectivity index (χ0n) is 43.5. The van der Waals surface area contributed by atoms with E-state index >= 15 is 0 Å². The largest absolute Gasteiger partial charge is 0.456 e. The number of rotatable bonds is 5. The Bertz CT molecular complexity index is 3590. The molecule has 0 radical (unpaired) electrons. The summed E-state index contributed by atoms with van der Waals surface area (Å²) in [5, 5.41) is 2.23. The van der Waals surface area contributed by atoms with Crippen LogP contribution in [0.2, 0.25) is 0 Å². The Balaban J connectivity index is 1.23. The van der Waals surface area contributed by atoms with Crippen molar-refractivity contribution in [3.8, 4) is 0 Å². The zero-order chi connectivity index (χ0) is 49.5. The van der Waals surface area contributed by atoms with E-state index in [9.17, 15) is 0 Å². The second-order valence-electron chi connectivity index (χ2n) is 23.7. The maximum atomic E-state index is 7.49. The van der Waals surface area contributed by atoms with Gasteiger partial charge in [0.05, 0.1) is 11.1 Å². The topological polar surface area (TPSA) is 22.9 Å². The van der Waals surface area contributed by atoms with E-state index in [-0.39, 0.29) is 23.0 Å². The van der Waals surface area contributed by atoms with Gasteiger partial charge in [-0.25, -0.2) is 0 Å². The van der Waals surface area contributed by atoms with E-state index in [0.717, 1.165) is 56.8 Å². The Morgan fingerprint density at radius 1 is 0.493 bits per heavy atom. The van der Waals surface area contributed by atoms with Crippen molar-refractivity contribution < 1.29 is 4.42 Å². The van der Waals surface area contributed by atoms with E-state index in [1.807, 2.05) is 0 Å². The highest BCUT2D eigenvalue weighted by atomic mass is 16.3. The van der Waals surface area contributed by atoms with Gasteiger partial charge in [0.2, 0.25) is 0 Å². The predicted molar refractivity (Wildman–Crippen MR) is 304 cm³/mol. The summed E-state index contributed by atoms with van der Waals surface area (Å²) < 4.78 is 7.49. The molecule has 1 aromatic heterocycles. The van der Waals surface area contributed by atoms with E-state index in [0.29, 0.717) is 0 Å². The first kappa shape index (κ1) is 44.9. The van der Waals surface area contributed by atoms with E-state index in [1.54, 1.807) is 0 Å². The SMILES string of the molecule is Cc1ccc(N(c2ccc(C)cc2)c2cc3c(c4oc5ccccc5c24)B2C4=C(c5cc(C(C)(C)C)ccc5C4)N(c4ccc(C(C)(C)C)cc4)c4cc(C)cc(c42)N3c2ccc(C(C)(C)C)cc2)cc1. The molecule has 12 rings (SSSR count). The average molecular weight is 926 g/mol. The van der Waals surface area contributed by atoms with Crippen LogP contribution in [0.1, 0.15) is 107 Å². The molecule has 0 saturated heterocycles. The third-order valence-corrected chi connectivity index (χ3v) is 15.5.